The number of carbonyl (C=O) groups is 2. The third-order valence-electron chi connectivity index (χ3n) is 2.84. The number of nitro groups is 1. The van der Waals surface area contributed by atoms with Gasteiger partial charge < -0.3 is 10.1 Å². The molecule has 1 amide bonds. The second-order valence-electron chi connectivity index (χ2n) is 4.22. The number of nitrogens with one attached hydrogen (secondary N) is 1. The van der Waals surface area contributed by atoms with Crippen LogP contribution in [0.1, 0.15) is 23.2 Å². The summed E-state index contributed by atoms with van der Waals surface area (Å²) in [4.78, 5) is 31.9. The fraction of sp³-hybridized carbons (Fsp3) is 0.333. The van der Waals surface area contributed by atoms with Crippen LogP contribution in [0, 0.1) is 10.1 Å². The Bertz CT molecular complexity index is 529. The molecule has 1 fully saturated rings. The predicted molar refractivity (Wildman–Crippen MR) is 65.1 cm³/mol. The highest BCUT2D eigenvalue weighted by atomic mass is 16.6. The third-order valence-corrected chi connectivity index (χ3v) is 2.84. The van der Waals surface area contributed by atoms with Crippen LogP contribution < -0.4 is 10.1 Å². The monoisotopic (exact) mass is 264 g/mol. The molecule has 1 aromatic rings. The Kier molecular flexibility index (Phi) is 3.74. The standard InChI is InChI=1S/C12H12N2O5/c15-6-8-1-3-11(10(5-8)14(17)18)19-7-9-2-4-12(16)13-9/h1,3,5-6,9H,2,4,7H2,(H,13,16). The number of hydrogen-bond donors (Lipinski definition) is 1. The van der Waals surface area contributed by atoms with Crippen molar-refractivity contribution in [2.24, 2.45) is 0 Å². The van der Waals surface area contributed by atoms with Crippen LogP contribution in [0.15, 0.2) is 18.2 Å². The highest BCUT2D eigenvalue weighted by Crippen LogP contribution is 2.27. The summed E-state index contributed by atoms with van der Waals surface area (Å²) >= 11 is 0. The molecular formula is C12H12N2O5. The summed E-state index contributed by atoms with van der Waals surface area (Å²) in [6, 6.07) is 3.87. The summed E-state index contributed by atoms with van der Waals surface area (Å²) in [5, 5.41) is 13.6. The third kappa shape index (κ3) is 3.06. The van der Waals surface area contributed by atoms with Crippen LogP contribution in [-0.2, 0) is 4.79 Å². The van der Waals surface area contributed by atoms with Crippen molar-refractivity contribution in [2.75, 3.05) is 6.61 Å². The van der Waals surface area contributed by atoms with Crippen LogP contribution in [0.3, 0.4) is 0 Å². The van der Waals surface area contributed by atoms with E-state index in [1.54, 1.807) is 0 Å². The predicted octanol–water partition coefficient (Wildman–Crippen LogP) is 1.06. The number of ether oxygens (including phenoxy) is 1. The van der Waals surface area contributed by atoms with Gasteiger partial charge in [0.1, 0.15) is 12.9 Å². The van der Waals surface area contributed by atoms with Gasteiger partial charge in [0.05, 0.1) is 11.0 Å². The molecule has 7 heteroatoms. The van der Waals surface area contributed by atoms with Crippen LogP contribution in [0.2, 0.25) is 0 Å². The lowest BCUT2D eigenvalue weighted by molar-refractivity contribution is -0.385. The summed E-state index contributed by atoms with van der Waals surface area (Å²) in [5.74, 6) is 0.0520. The molecule has 1 aliphatic rings. The van der Waals surface area contributed by atoms with Crippen LogP contribution in [0.4, 0.5) is 5.69 Å². The second kappa shape index (κ2) is 5.47. The van der Waals surface area contributed by atoms with Crippen molar-refractivity contribution in [1.82, 2.24) is 5.32 Å². The normalized spacial score (nSPS) is 17.9. The zero-order valence-electron chi connectivity index (χ0n) is 10.00. The van der Waals surface area contributed by atoms with E-state index in [0.717, 1.165) is 6.07 Å². The smallest absolute Gasteiger partial charge is 0.311 e. The molecule has 1 aromatic carbocycles. The van der Waals surface area contributed by atoms with Crippen LogP contribution in [0.5, 0.6) is 5.75 Å². The van der Waals surface area contributed by atoms with Gasteiger partial charge in [-0.2, -0.15) is 0 Å². The van der Waals surface area contributed by atoms with Crippen molar-refractivity contribution in [3.63, 3.8) is 0 Å². The van der Waals surface area contributed by atoms with E-state index in [2.05, 4.69) is 5.32 Å². The minimum atomic E-state index is -0.602. The van der Waals surface area contributed by atoms with Crippen LogP contribution in [-0.4, -0.2) is 29.8 Å². The van der Waals surface area contributed by atoms with Gasteiger partial charge in [0.2, 0.25) is 5.91 Å². The topological polar surface area (TPSA) is 98.5 Å². The largest absolute Gasteiger partial charge is 0.485 e. The number of rotatable bonds is 5. The molecular weight excluding hydrogens is 252 g/mol. The van der Waals surface area contributed by atoms with Crippen molar-refractivity contribution >= 4 is 17.9 Å². The average molecular weight is 264 g/mol. The van der Waals surface area contributed by atoms with Gasteiger partial charge in [0.15, 0.2) is 5.75 Å². The molecule has 1 atom stereocenters. The van der Waals surface area contributed by atoms with Crippen molar-refractivity contribution in [1.29, 1.82) is 0 Å². The Morgan fingerprint density at radius 2 is 2.32 bits per heavy atom. The first-order valence-electron chi connectivity index (χ1n) is 5.76. The van der Waals surface area contributed by atoms with Crippen LogP contribution in [0.25, 0.3) is 0 Å². The molecule has 19 heavy (non-hydrogen) atoms. The summed E-state index contributed by atoms with van der Waals surface area (Å²) in [5.41, 5.74) is -0.0397. The van der Waals surface area contributed by atoms with E-state index in [9.17, 15) is 19.7 Å². The first-order valence-corrected chi connectivity index (χ1v) is 5.76. The van der Waals surface area contributed by atoms with Gasteiger partial charge in [-0.25, -0.2) is 0 Å². The first kappa shape index (κ1) is 13.0. The SMILES string of the molecule is O=Cc1ccc(OCC2CCC(=O)N2)c([N+](=O)[O-])c1. The Hall–Kier alpha value is -2.44. The number of nitro benzene ring substituents is 1. The van der Waals surface area contributed by atoms with Gasteiger partial charge in [-0.3, -0.25) is 19.7 Å². The molecule has 1 heterocycles. The van der Waals surface area contributed by atoms with Gasteiger partial charge in [0.25, 0.3) is 0 Å². The lowest BCUT2D eigenvalue weighted by Gasteiger charge is -2.12. The quantitative estimate of drug-likeness (QED) is 0.487. The van der Waals surface area contributed by atoms with E-state index < -0.39 is 4.92 Å². The van der Waals surface area contributed by atoms with E-state index in [-0.39, 0.29) is 35.6 Å². The fourth-order valence-corrected chi connectivity index (χ4v) is 1.87. The second-order valence-corrected chi connectivity index (χ2v) is 4.22. The van der Waals surface area contributed by atoms with E-state index in [1.807, 2.05) is 0 Å². The van der Waals surface area contributed by atoms with Gasteiger partial charge in [-0.1, -0.05) is 0 Å². The van der Waals surface area contributed by atoms with E-state index in [0.29, 0.717) is 19.1 Å². The Labute approximate surface area is 108 Å². The molecule has 1 saturated heterocycles. The maximum absolute atomic E-state index is 11.0. The zero-order valence-corrected chi connectivity index (χ0v) is 10.00. The molecule has 100 valence electrons. The minimum absolute atomic E-state index is 0.0422. The molecule has 0 spiro atoms. The maximum Gasteiger partial charge on any atom is 0.311 e. The van der Waals surface area contributed by atoms with Crippen LogP contribution >= 0.6 is 0 Å². The molecule has 0 radical (unpaired) electrons. The molecule has 0 bridgehead atoms. The molecule has 1 unspecified atom stereocenters. The number of nitrogens with zero attached hydrogens (tertiary/aromatic N) is 1. The van der Waals surface area contributed by atoms with Crippen molar-refractivity contribution in [3.8, 4) is 5.75 Å². The summed E-state index contributed by atoms with van der Waals surface area (Å²) in [6.45, 7) is 0.174. The molecule has 0 aliphatic carbocycles. The molecule has 0 aromatic heterocycles. The van der Waals surface area contributed by atoms with Gasteiger partial charge in [-0.15, -0.1) is 0 Å². The highest BCUT2D eigenvalue weighted by Gasteiger charge is 2.23. The Balaban J connectivity index is 2.08. The lowest BCUT2D eigenvalue weighted by atomic mass is 10.2. The molecule has 0 saturated carbocycles. The summed E-state index contributed by atoms with van der Waals surface area (Å²) in [6.07, 6.45) is 1.63. The number of carbonyl (C=O) groups excluding carboxylic acids is 2. The number of amides is 1. The van der Waals surface area contributed by atoms with Gasteiger partial charge >= 0.3 is 5.69 Å². The number of hydrogen-bond acceptors (Lipinski definition) is 5. The zero-order chi connectivity index (χ0) is 13.8. The van der Waals surface area contributed by atoms with E-state index in [1.165, 1.54) is 12.1 Å². The lowest BCUT2D eigenvalue weighted by Crippen LogP contribution is -2.30. The van der Waals surface area contributed by atoms with Crippen molar-refractivity contribution in [3.05, 3.63) is 33.9 Å². The van der Waals surface area contributed by atoms with Crippen molar-refractivity contribution in [2.45, 2.75) is 18.9 Å². The van der Waals surface area contributed by atoms with Gasteiger partial charge in [0, 0.05) is 18.1 Å². The average Bonchev–Trinajstić information content (AvgIpc) is 2.82. The first-order chi connectivity index (χ1) is 9.10. The van der Waals surface area contributed by atoms with Gasteiger partial charge in [-0.05, 0) is 18.6 Å². The minimum Gasteiger partial charge on any atom is -0.485 e. The highest BCUT2D eigenvalue weighted by molar-refractivity contribution is 5.78. The van der Waals surface area contributed by atoms with Crippen molar-refractivity contribution < 1.29 is 19.2 Å². The number of aldehydes is 1. The molecule has 2 rings (SSSR count). The fourth-order valence-electron chi connectivity index (χ4n) is 1.87. The Morgan fingerprint density at radius 1 is 1.53 bits per heavy atom. The van der Waals surface area contributed by atoms with E-state index in [4.69, 9.17) is 4.74 Å². The summed E-state index contributed by atoms with van der Waals surface area (Å²) < 4.78 is 5.36. The number of benzene rings is 1. The van der Waals surface area contributed by atoms with E-state index >= 15 is 0 Å². The molecule has 1 N–H and O–H groups in total. The molecule has 1 aliphatic heterocycles. The molecule has 7 nitrogen and oxygen atoms in total. The Morgan fingerprint density at radius 3 is 2.89 bits per heavy atom. The maximum atomic E-state index is 11.0. The summed E-state index contributed by atoms with van der Waals surface area (Å²) in [7, 11) is 0.